The number of aliphatic imine (C=N–C) groups is 1. The van der Waals surface area contributed by atoms with Gasteiger partial charge >= 0.3 is 0 Å². The second-order valence-electron chi connectivity index (χ2n) is 7.45. The first-order valence-corrected chi connectivity index (χ1v) is 10.8. The quantitative estimate of drug-likeness (QED) is 0.253. The van der Waals surface area contributed by atoms with Crippen LogP contribution >= 0.6 is 23.2 Å². The zero-order valence-electron chi connectivity index (χ0n) is 18.2. The van der Waals surface area contributed by atoms with Crippen LogP contribution in [0.4, 0.5) is 15.8 Å². The van der Waals surface area contributed by atoms with Crippen LogP contribution in [0.15, 0.2) is 48.0 Å². The van der Waals surface area contributed by atoms with Crippen LogP contribution < -0.4 is 17.2 Å². The van der Waals surface area contributed by atoms with E-state index in [1.54, 1.807) is 30.0 Å². The molecule has 0 aromatic heterocycles. The van der Waals surface area contributed by atoms with E-state index in [-0.39, 0.29) is 29.2 Å². The van der Waals surface area contributed by atoms with Crippen LogP contribution in [-0.4, -0.2) is 42.1 Å². The first-order valence-electron chi connectivity index (χ1n) is 10.0. The minimum absolute atomic E-state index is 0.0321. The lowest BCUT2D eigenvalue weighted by Gasteiger charge is -2.16. The van der Waals surface area contributed by atoms with Gasteiger partial charge in [0.05, 0.1) is 10.0 Å². The summed E-state index contributed by atoms with van der Waals surface area (Å²) in [4.78, 5) is 27.7. The predicted molar refractivity (Wildman–Crippen MR) is 132 cm³/mol. The summed E-state index contributed by atoms with van der Waals surface area (Å²) >= 11 is 11.9. The Kier molecular flexibility index (Phi) is 9.25. The van der Waals surface area contributed by atoms with E-state index in [1.165, 1.54) is 18.2 Å². The van der Waals surface area contributed by atoms with E-state index < -0.39 is 5.91 Å². The molecule has 3 rings (SSSR count). The Morgan fingerprint density at radius 2 is 1.97 bits per heavy atom. The van der Waals surface area contributed by atoms with Crippen LogP contribution in [0.5, 0.6) is 0 Å². The molecule has 176 valence electrons. The van der Waals surface area contributed by atoms with Crippen molar-refractivity contribution < 1.29 is 14.0 Å². The number of anilines is 2. The number of halogens is 3. The summed E-state index contributed by atoms with van der Waals surface area (Å²) in [5.41, 5.74) is 19.3. The Morgan fingerprint density at radius 3 is 2.58 bits per heavy atom. The molecule has 1 atom stereocenters. The van der Waals surface area contributed by atoms with Crippen LogP contribution in [0, 0.1) is 5.82 Å². The highest BCUT2D eigenvalue weighted by Gasteiger charge is 2.30. The third kappa shape index (κ3) is 6.94. The molecule has 33 heavy (non-hydrogen) atoms. The third-order valence-electron chi connectivity index (χ3n) is 5.10. The van der Waals surface area contributed by atoms with Crippen molar-refractivity contribution in [3.05, 3.63) is 70.0 Å². The molecule has 1 saturated heterocycles. The van der Waals surface area contributed by atoms with E-state index >= 15 is 0 Å². The van der Waals surface area contributed by atoms with Crippen molar-refractivity contribution in [2.24, 2.45) is 10.7 Å². The highest BCUT2D eigenvalue weighted by Crippen LogP contribution is 2.37. The molecule has 7 nitrogen and oxygen atoms in total. The number of rotatable bonds is 5. The average Bonchev–Trinajstić information content (AvgIpc) is 3.24. The number of carbonyl (C=O) groups is 2. The zero-order chi connectivity index (χ0) is 24.7. The summed E-state index contributed by atoms with van der Waals surface area (Å²) in [7, 11) is 0. The molecule has 10 heteroatoms. The number of nitrogen functional groups attached to an aromatic ring is 2. The van der Waals surface area contributed by atoms with Gasteiger partial charge in [0.2, 0.25) is 11.8 Å². The Hall–Kier alpha value is -3.10. The van der Waals surface area contributed by atoms with E-state index in [0.717, 1.165) is 5.56 Å². The molecule has 0 saturated carbocycles. The summed E-state index contributed by atoms with van der Waals surface area (Å²) in [6, 6.07) is 7.89. The number of hydrogen-bond acceptors (Lipinski definition) is 5. The molecular weight excluding hydrogens is 468 g/mol. The largest absolute Gasteiger partial charge is 0.399 e. The fourth-order valence-corrected chi connectivity index (χ4v) is 3.91. The lowest BCUT2D eigenvalue weighted by Crippen LogP contribution is -2.26. The summed E-state index contributed by atoms with van der Waals surface area (Å²) in [6.07, 6.45) is 1.94. The second-order valence-corrected chi connectivity index (χ2v) is 8.23. The maximum absolute atomic E-state index is 13.8. The van der Waals surface area contributed by atoms with Crippen molar-refractivity contribution in [2.45, 2.75) is 19.3 Å². The fourth-order valence-electron chi connectivity index (χ4n) is 3.43. The van der Waals surface area contributed by atoms with E-state index in [9.17, 15) is 14.0 Å². The molecule has 0 aliphatic carbocycles. The number of benzene rings is 2. The van der Waals surface area contributed by atoms with Gasteiger partial charge in [-0.15, -0.1) is 0 Å². The fraction of sp³-hybridized carbons (Fsp3) is 0.261. The highest BCUT2D eigenvalue weighted by atomic mass is 35.5. The molecule has 1 aliphatic heterocycles. The van der Waals surface area contributed by atoms with Crippen molar-refractivity contribution in [3.8, 4) is 0 Å². The summed E-state index contributed by atoms with van der Waals surface area (Å²) < 4.78 is 13.8. The predicted octanol–water partition coefficient (Wildman–Crippen LogP) is 3.78. The molecule has 1 heterocycles. The number of primary amides is 1. The van der Waals surface area contributed by atoms with Crippen LogP contribution in [-0.2, 0) is 9.59 Å². The van der Waals surface area contributed by atoms with Crippen molar-refractivity contribution in [1.29, 1.82) is 0 Å². The van der Waals surface area contributed by atoms with Gasteiger partial charge < -0.3 is 22.1 Å². The second kappa shape index (κ2) is 11.7. The van der Waals surface area contributed by atoms with Gasteiger partial charge in [-0.2, -0.15) is 0 Å². The van der Waals surface area contributed by atoms with E-state index in [0.29, 0.717) is 47.2 Å². The molecule has 0 bridgehead atoms. The zero-order valence-corrected chi connectivity index (χ0v) is 19.7. The van der Waals surface area contributed by atoms with Crippen LogP contribution in [0.25, 0.3) is 0 Å². The Bertz CT molecular complexity index is 1090. The van der Waals surface area contributed by atoms with Crippen LogP contribution in [0.3, 0.4) is 0 Å². The molecule has 1 aliphatic rings. The molecule has 0 radical (unpaired) electrons. The van der Waals surface area contributed by atoms with Gasteiger partial charge in [0.25, 0.3) is 0 Å². The average molecular weight is 494 g/mol. The lowest BCUT2D eigenvalue weighted by molar-refractivity contribution is -0.125. The molecule has 2 amide bonds. The maximum atomic E-state index is 13.8. The minimum Gasteiger partial charge on any atom is -0.399 e. The molecule has 0 spiro atoms. The Balaban J connectivity index is 0.000000238. The van der Waals surface area contributed by atoms with Gasteiger partial charge in [0.15, 0.2) is 0 Å². The van der Waals surface area contributed by atoms with Gasteiger partial charge in [0, 0.05) is 47.2 Å². The minimum atomic E-state index is -0.469. The lowest BCUT2D eigenvalue weighted by atomic mass is 9.98. The molecule has 6 N–H and O–H groups in total. The molecule has 2 aromatic carbocycles. The molecular formula is C23H26Cl2FN5O2. The number of hydrogen-bond donors (Lipinski definition) is 3. The number of carbonyl (C=O) groups excluding carboxylic acids is 2. The van der Waals surface area contributed by atoms with Gasteiger partial charge in [0.1, 0.15) is 12.4 Å². The number of likely N-dealkylation sites (tertiary alicyclic amines) is 1. The number of amides is 2. The van der Waals surface area contributed by atoms with E-state index in [2.05, 4.69) is 11.6 Å². The topological polar surface area (TPSA) is 128 Å². The van der Waals surface area contributed by atoms with E-state index in [4.69, 9.17) is 40.4 Å². The molecule has 1 unspecified atom stereocenters. The summed E-state index contributed by atoms with van der Waals surface area (Å²) in [5.74, 6) is -1.10. The first-order chi connectivity index (χ1) is 15.5. The molecule has 2 aromatic rings. The standard InChI is InChI=1S/C13H12Cl2FNO.C10H14N4O/c1-2-11(18)17-6-5-8(7-17)12-10(16)4-3-9(14)13(12)15;1-6(14-5-10(13)15)8-3-2-7(11)4-9(8)12/h2-4,8H,1,5-7H2;2-4H,5,11-12H2,1H3,(H2,13,15). The van der Waals surface area contributed by atoms with Crippen molar-refractivity contribution in [1.82, 2.24) is 4.90 Å². The van der Waals surface area contributed by atoms with Gasteiger partial charge in [-0.3, -0.25) is 14.6 Å². The summed E-state index contributed by atoms with van der Waals surface area (Å²) in [6.45, 7) is 6.20. The Labute approximate surface area is 202 Å². The van der Waals surface area contributed by atoms with Crippen LogP contribution in [0.1, 0.15) is 30.4 Å². The highest BCUT2D eigenvalue weighted by molar-refractivity contribution is 6.42. The van der Waals surface area contributed by atoms with E-state index in [1.807, 2.05) is 0 Å². The normalized spacial score (nSPS) is 15.6. The number of nitrogens with zero attached hydrogens (tertiary/aromatic N) is 2. The molecule has 1 fully saturated rings. The van der Waals surface area contributed by atoms with Gasteiger partial charge in [-0.1, -0.05) is 29.8 Å². The first kappa shape index (κ1) is 26.2. The van der Waals surface area contributed by atoms with Gasteiger partial charge in [-0.25, -0.2) is 4.39 Å². The van der Waals surface area contributed by atoms with Gasteiger partial charge in [-0.05, 0) is 49.8 Å². The maximum Gasteiger partial charge on any atom is 0.245 e. The monoisotopic (exact) mass is 493 g/mol. The van der Waals surface area contributed by atoms with Crippen LogP contribution in [0.2, 0.25) is 10.0 Å². The smallest absolute Gasteiger partial charge is 0.245 e. The van der Waals surface area contributed by atoms with Crippen molar-refractivity contribution in [2.75, 3.05) is 31.1 Å². The Morgan fingerprint density at radius 1 is 1.27 bits per heavy atom. The van der Waals surface area contributed by atoms with Crippen molar-refractivity contribution >= 4 is 52.1 Å². The third-order valence-corrected chi connectivity index (χ3v) is 5.92. The van der Waals surface area contributed by atoms with Crippen molar-refractivity contribution in [3.63, 3.8) is 0 Å². The SMILES string of the molecule is C=CC(=O)N1CCC(c2c(F)ccc(Cl)c2Cl)C1.CC(=NCC(N)=O)c1ccc(N)cc1N. The number of nitrogens with two attached hydrogens (primary N) is 3. The summed E-state index contributed by atoms with van der Waals surface area (Å²) in [5, 5.41) is 0.580.